The number of rotatable bonds is 0. The van der Waals surface area contributed by atoms with Crippen molar-refractivity contribution < 1.29 is 17.9 Å². The van der Waals surface area contributed by atoms with Gasteiger partial charge < -0.3 is 22.5 Å². The van der Waals surface area contributed by atoms with Gasteiger partial charge in [0.25, 0.3) is 0 Å². The standard InChI is InChI=1S/C6H8N.2C5H7N.2C4H6N2.C4H4O.C4H4S.2C3H3NO.16C2H6/c1-7-5-3-2-4-6-7;4*1-6-4-2-3-5-6;2*1-2-4-5-3-1;1-2-5-3-4-1;1-2-4-5-3-1;16*1-2/h2-6H,1H3;2*2-5H,1H3;2*2-4H,1H3;2*1-4H;2*1-3H;16*1-2H3/q+1;;;;;;;;;;;;;;;;;;;;;;;;. The summed E-state index contributed by atoms with van der Waals surface area (Å²) in [6.07, 6.45) is 30.1. The number of hydrogen-bond donors (Lipinski definition) is 0. The molecule has 9 aromatic heterocycles. The van der Waals surface area contributed by atoms with Gasteiger partial charge >= 0.3 is 0 Å². The van der Waals surface area contributed by atoms with Gasteiger partial charge in [0.05, 0.1) is 24.9 Å². The van der Waals surface area contributed by atoms with Crippen LogP contribution in [0, 0.1) is 0 Å². The van der Waals surface area contributed by atoms with E-state index in [4.69, 9.17) is 0 Å². The summed E-state index contributed by atoms with van der Waals surface area (Å²) in [4.78, 5) is 3.56. The molecule has 13 heteroatoms. The number of aryl methyl sites for hydroxylation is 5. The van der Waals surface area contributed by atoms with Gasteiger partial charge in [-0.05, 0) is 65.4 Å². The summed E-state index contributed by atoms with van der Waals surface area (Å²) in [5.74, 6) is 0. The number of hydrogen-bond acceptors (Lipinski definition) is 8. The summed E-state index contributed by atoms with van der Waals surface area (Å²) in [6, 6.07) is 27.2. The van der Waals surface area contributed by atoms with Crippen molar-refractivity contribution in [1.82, 2.24) is 38.8 Å². The van der Waals surface area contributed by atoms with E-state index in [0.29, 0.717) is 0 Å². The molecule has 9 heterocycles. The first-order valence-electron chi connectivity index (χ1n) is 31.5. The van der Waals surface area contributed by atoms with E-state index in [1.807, 2.05) is 410 Å². The Bertz CT molecular complexity index is 1460. The molecule has 0 spiro atoms. The summed E-state index contributed by atoms with van der Waals surface area (Å²) >= 11 is 1.71. The third-order valence-corrected chi connectivity index (χ3v) is 5.82. The van der Waals surface area contributed by atoms with Crippen molar-refractivity contribution in [2.75, 3.05) is 0 Å². The lowest BCUT2D eigenvalue weighted by Crippen LogP contribution is -2.25. The molecule has 0 saturated heterocycles. The molecule has 9 rings (SSSR count). The van der Waals surface area contributed by atoms with Gasteiger partial charge in [0.15, 0.2) is 18.8 Å². The highest BCUT2D eigenvalue weighted by Gasteiger charge is 1.78. The highest BCUT2D eigenvalue weighted by Crippen LogP contribution is 1.91. The fraction of sp³-hybridized carbons (Fsp3) is 0.529. The largest absolute Gasteiger partial charge is 0.473 e. The van der Waals surface area contributed by atoms with Gasteiger partial charge in [0.1, 0.15) is 19.6 Å². The Hall–Kier alpha value is -6.47. The van der Waals surface area contributed by atoms with E-state index in [1.165, 1.54) is 18.9 Å². The molecule has 0 fully saturated rings. The van der Waals surface area contributed by atoms with Gasteiger partial charge in [-0.15, -0.1) is 0 Å². The van der Waals surface area contributed by atoms with E-state index in [9.17, 15) is 0 Å². The summed E-state index contributed by atoms with van der Waals surface area (Å²) in [7, 11) is 9.78. The number of thiophene rings is 1. The fourth-order valence-corrected chi connectivity index (χ4v) is 3.27. The Morgan fingerprint density at radius 3 is 0.747 bits per heavy atom. The topological polar surface area (TPSA) is 115 Å². The molecule has 83 heavy (non-hydrogen) atoms. The van der Waals surface area contributed by atoms with E-state index in [2.05, 4.69) is 33.7 Å². The number of nitrogens with zero attached hydrogens (tertiary/aromatic N) is 9. The minimum Gasteiger partial charge on any atom is -0.473 e. The van der Waals surface area contributed by atoms with E-state index in [-0.39, 0.29) is 0 Å². The van der Waals surface area contributed by atoms with Gasteiger partial charge in [-0.1, -0.05) is 245 Å². The predicted octanol–water partition coefficient (Wildman–Crippen LogP) is 24.2. The van der Waals surface area contributed by atoms with E-state index < -0.39 is 0 Å². The van der Waals surface area contributed by atoms with E-state index in [1.54, 1.807) is 64.1 Å². The molecule has 0 bridgehead atoms. The molecule has 0 aliphatic carbocycles. The van der Waals surface area contributed by atoms with Crippen LogP contribution in [0.3, 0.4) is 0 Å². The van der Waals surface area contributed by atoms with Gasteiger partial charge in [0, 0.05) is 89.9 Å². The highest BCUT2D eigenvalue weighted by molar-refractivity contribution is 7.07. The van der Waals surface area contributed by atoms with Crippen molar-refractivity contribution >= 4 is 11.3 Å². The van der Waals surface area contributed by atoms with E-state index >= 15 is 0 Å². The molecular weight excluding hydrogens is 1050 g/mol. The van der Waals surface area contributed by atoms with Crippen LogP contribution in [0.15, 0.2) is 215 Å². The molecule has 0 atom stereocenters. The van der Waals surface area contributed by atoms with Crippen LogP contribution >= 0.6 is 11.3 Å². The van der Waals surface area contributed by atoms with Crippen molar-refractivity contribution in [3.8, 4) is 0 Å². The average Bonchev–Trinajstić information content (AvgIpc) is 4.44. The second kappa shape index (κ2) is 171. The fourth-order valence-electron chi connectivity index (χ4n) is 2.82. The Balaban J connectivity index is -0.0000000410. The zero-order chi connectivity index (χ0) is 68.9. The molecule has 0 amide bonds. The van der Waals surface area contributed by atoms with Crippen molar-refractivity contribution in [2.24, 2.45) is 35.2 Å². The maximum Gasteiger partial charge on any atom is 0.180 e. The van der Waals surface area contributed by atoms with Crippen molar-refractivity contribution in [3.05, 3.63) is 201 Å². The summed E-state index contributed by atoms with van der Waals surface area (Å²) in [5.41, 5.74) is 0. The van der Waals surface area contributed by atoms with Gasteiger partial charge in [-0.25, -0.2) is 9.55 Å². The molecule has 0 aliphatic heterocycles. The summed E-state index contributed by atoms with van der Waals surface area (Å²) in [6.45, 7) is 64.0. The first-order valence-corrected chi connectivity index (χ1v) is 32.4. The SMILES string of the molecule is CC.CC.CC.CC.CC.CC.CC.CC.CC.CC.CC.CC.CC.CC.CC.CC.C[n+]1ccccc1.Cn1cccc1.Cn1cccc1.Cn1cccn1.Cn1cccn1.c1ccoc1.c1ccsc1.c1cnoc1.c1cocn1. The summed E-state index contributed by atoms with van der Waals surface area (Å²) in [5, 5.41) is 15.1. The number of aromatic nitrogens is 9. The lowest BCUT2D eigenvalue weighted by atomic mass is 10.5. The second-order valence-corrected chi connectivity index (χ2v) is 10.4. The number of pyridine rings is 1. The number of furan rings is 1. The zero-order valence-corrected chi connectivity index (χ0v) is 62.5. The lowest BCUT2D eigenvalue weighted by molar-refractivity contribution is -0.671. The molecule has 0 saturated carbocycles. The minimum atomic E-state index is 1.38. The Morgan fingerprint density at radius 1 is 0.313 bits per heavy atom. The first kappa shape index (κ1) is 119. The summed E-state index contributed by atoms with van der Waals surface area (Å²) < 4.78 is 22.9. The van der Waals surface area contributed by atoms with Gasteiger partial charge in [-0.3, -0.25) is 9.36 Å². The monoisotopic (exact) mass is 1190 g/mol. The van der Waals surface area contributed by atoms with Crippen molar-refractivity contribution in [1.29, 1.82) is 0 Å². The zero-order valence-electron chi connectivity index (χ0n) is 61.7. The maximum absolute atomic E-state index is 4.58. The molecule has 492 valence electrons. The quantitative estimate of drug-likeness (QED) is 0.139. The lowest BCUT2D eigenvalue weighted by Gasteiger charge is -1.79. The van der Waals surface area contributed by atoms with Crippen molar-refractivity contribution in [2.45, 2.75) is 222 Å². The molecule has 0 unspecified atom stereocenters. The van der Waals surface area contributed by atoms with Crippen LogP contribution in [-0.2, 0) is 35.2 Å². The third kappa shape index (κ3) is 166. The first-order chi connectivity index (χ1) is 41.0. The van der Waals surface area contributed by atoms with E-state index in [0.717, 1.165) is 0 Å². The molecule has 0 N–H and O–H groups in total. The van der Waals surface area contributed by atoms with Crippen LogP contribution in [0.4, 0.5) is 0 Å². The molecular formula is C70H144N9O3S+. The van der Waals surface area contributed by atoms with Gasteiger partial charge in [-0.2, -0.15) is 21.5 Å². The number of oxazole rings is 1. The van der Waals surface area contributed by atoms with Crippen LogP contribution in [-0.4, -0.2) is 38.8 Å². The van der Waals surface area contributed by atoms with Crippen LogP contribution in [0.25, 0.3) is 0 Å². The van der Waals surface area contributed by atoms with Gasteiger partial charge in [0.2, 0.25) is 0 Å². The normalized spacial score (nSPS) is 6.37. The molecule has 0 radical (unpaired) electrons. The molecule has 9 aromatic rings. The van der Waals surface area contributed by atoms with Crippen LogP contribution in [0.2, 0.25) is 0 Å². The Kier molecular flexibility index (Phi) is 246. The Labute approximate surface area is 523 Å². The highest BCUT2D eigenvalue weighted by atomic mass is 32.1. The van der Waals surface area contributed by atoms with Crippen LogP contribution in [0.1, 0.15) is 222 Å². The van der Waals surface area contributed by atoms with Crippen molar-refractivity contribution in [3.63, 3.8) is 0 Å². The average molecular weight is 1190 g/mol. The molecule has 0 aromatic carbocycles. The second-order valence-electron chi connectivity index (χ2n) is 9.55. The molecule has 12 nitrogen and oxygen atoms in total. The minimum absolute atomic E-state index is 1.38. The van der Waals surface area contributed by atoms with Crippen LogP contribution in [0.5, 0.6) is 0 Å². The predicted molar refractivity (Wildman–Crippen MR) is 382 cm³/mol. The van der Waals surface area contributed by atoms with Crippen LogP contribution < -0.4 is 4.57 Å². The third-order valence-electron chi connectivity index (χ3n) is 5.19. The molecule has 0 aliphatic rings. The smallest absolute Gasteiger partial charge is 0.180 e. The Morgan fingerprint density at radius 2 is 0.651 bits per heavy atom. The maximum atomic E-state index is 4.58.